The van der Waals surface area contributed by atoms with Crippen LogP contribution in [-0.2, 0) is 4.79 Å². The number of thiocarbonyl (C=S) groups is 1. The van der Waals surface area contributed by atoms with Gasteiger partial charge in [-0.25, -0.2) is 4.98 Å². The number of aryl methyl sites for hydroxylation is 1. The highest BCUT2D eigenvalue weighted by molar-refractivity contribution is 8.26. The van der Waals surface area contributed by atoms with Gasteiger partial charge in [-0.05, 0) is 49.3 Å². The Kier molecular flexibility index (Phi) is 7.77. The third-order valence-electron chi connectivity index (χ3n) is 6.54. The Morgan fingerprint density at radius 2 is 1.88 bits per heavy atom. The lowest BCUT2D eigenvalue weighted by Crippen LogP contribution is -2.40. The molecule has 4 heterocycles. The second-order valence-electron chi connectivity index (χ2n) is 9.83. The van der Waals surface area contributed by atoms with Gasteiger partial charge >= 0.3 is 0 Å². The van der Waals surface area contributed by atoms with Crippen LogP contribution in [0.4, 0.5) is 5.82 Å². The van der Waals surface area contributed by atoms with Crippen molar-refractivity contribution in [3.8, 4) is 0 Å². The Morgan fingerprint density at radius 3 is 2.59 bits per heavy atom. The fourth-order valence-electron chi connectivity index (χ4n) is 4.97. The molecule has 0 saturated carbocycles. The van der Waals surface area contributed by atoms with Crippen molar-refractivity contribution in [3.05, 3.63) is 44.7 Å². The van der Waals surface area contributed by atoms with Gasteiger partial charge in [-0.1, -0.05) is 70.1 Å². The smallest absolute Gasteiger partial charge is 0.267 e. The molecule has 0 spiro atoms. The van der Waals surface area contributed by atoms with Crippen LogP contribution in [0.5, 0.6) is 0 Å². The monoisotopic (exact) mass is 498 g/mol. The van der Waals surface area contributed by atoms with Crippen molar-refractivity contribution in [3.63, 3.8) is 0 Å². The van der Waals surface area contributed by atoms with E-state index < -0.39 is 0 Å². The Morgan fingerprint density at radius 1 is 1.15 bits per heavy atom. The van der Waals surface area contributed by atoms with Crippen molar-refractivity contribution in [1.82, 2.24) is 14.3 Å². The predicted molar refractivity (Wildman–Crippen MR) is 145 cm³/mol. The Bertz CT molecular complexity index is 1180. The maximum Gasteiger partial charge on any atom is 0.267 e. The first-order valence-electron chi connectivity index (χ1n) is 12.3. The molecule has 2 atom stereocenters. The van der Waals surface area contributed by atoms with Crippen LogP contribution < -0.4 is 10.5 Å². The zero-order valence-corrected chi connectivity index (χ0v) is 22.2. The van der Waals surface area contributed by atoms with E-state index in [-0.39, 0.29) is 11.5 Å². The van der Waals surface area contributed by atoms with Crippen molar-refractivity contribution >= 4 is 51.7 Å². The number of hydrogen-bond acceptors (Lipinski definition) is 6. The quantitative estimate of drug-likeness (QED) is 0.295. The van der Waals surface area contributed by atoms with Gasteiger partial charge in [0.15, 0.2) is 0 Å². The number of nitrogens with zero attached hydrogens (tertiary/aromatic N) is 4. The number of hydrogen-bond donors (Lipinski definition) is 0. The van der Waals surface area contributed by atoms with Crippen LogP contribution in [0.15, 0.2) is 28.0 Å². The summed E-state index contributed by atoms with van der Waals surface area (Å²) in [7, 11) is 0. The first-order valence-corrected chi connectivity index (χ1v) is 13.5. The van der Waals surface area contributed by atoms with Crippen molar-refractivity contribution in [2.45, 2.75) is 59.8 Å². The fourth-order valence-corrected chi connectivity index (χ4v) is 6.26. The van der Waals surface area contributed by atoms with Gasteiger partial charge in [0.05, 0.1) is 10.5 Å². The van der Waals surface area contributed by atoms with E-state index in [1.165, 1.54) is 11.8 Å². The summed E-state index contributed by atoms with van der Waals surface area (Å²) in [6.45, 7) is 10.9. The molecule has 2 fully saturated rings. The maximum absolute atomic E-state index is 13.7. The second-order valence-corrected chi connectivity index (χ2v) is 11.5. The Labute approximate surface area is 211 Å². The van der Waals surface area contributed by atoms with Crippen LogP contribution >= 0.6 is 24.0 Å². The SMILES string of the molecule is CCCCCCN1C(=O)/C(=C/c2c(N3C[C@H](C)C[C@H](C)C3)nc3ccc(C)cn3c2=O)SC1=S. The number of piperidine rings is 1. The second kappa shape index (κ2) is 10.6. The molecule has 0 aromatic carbocycles. The molecule has 2 saturated heterocycles. The first-order chi connectivity index (χ1) is 16.3. The minimum absolute atomic E-state index is 0.105. The van der Waals surface area contributed by atoms with Gasteiger partial charge in [-0.2, -0.15) is 0 Å². The summed E-state index contributed by atoms with van der Waals surface area (Å²) in [5.41, 5.74) is 1.92. The third kappa shape index (κ3) is 5.23. The standard InChI is InChI=1S/C26H34N4O2S2/c1-5-6-7-8-11-29-25(32)21(34-26(29)33)13-20-23(28-14-18(3)12-19(4)15-28)27-22-10-9-17(2)16-30(22)24(20)31/h9-10,13,16,18-19H,5-8,11-12,14-15H2,1-4H3/b21-13-/t18-,19+. The number of rotatable bonds is 7. The van der Waals surface area contributed by atoms with E-state index in [1.807, 2.05) is 25.3 Å². The summed E-state index contributed by atoms with van der Waals surface area (Å²) in [4.78, 5) is 36.2. The average Bonchev–Trinajstić information content (AvgIpc) is 3.05. The number of anilines is 1. The number of thioether (sulfide) groups is 1. The van der Waals surface area contributed by atoms with Crippen LogP contribution in [-0.4, -0.2) is 44.1 Å². The molecule has 0 N–H and O–H groups in total. The van der Waals surface area contributed by atoms with Crippen LogP contribution in [0.2, 0.25) is 0 Å². The van der Waals surface area contributed by atoms with Gasteiger partial charge in [-0.3, -0.25) is 18.9 Å². The molecule has 182 valence electrons. The summed E-state index contributed by atoms with van der Waals surface area (Å²) in [6.07, 6.45) is 9.02. The van der Waals surface area contributed by atoms with E-state index in [4.69, 9.17) is 17.2 Å². The van der Waals surface area contributed by atoms with E-state index in [0.29, 0.717) is 44.6 Å². The lowest BCUT2D eigenvalue weighted by Gasteiger charge is -2.36. The third-order valence-corrected chi connectivity index (χ3v) is 7.92. The fraction of sp³-hybridized carbons (Fsp3) is 0.538. The number of unbranched alkanes of at least 4 members (excludes halogenated alkanes) is 3. The molecule has 2 aliphatic heterocycles. The normalized spacial score (nSPS) is 22.4. The summed E-state index contributed by atoms with van der Waals surface area (Å²) in [5, 5.41) is 0. The highest BCUT2D eigenvalue weighted by atomic mass is 32.2. The van der Waals surface area contributed by atoms with Gasteiger partial charge < -0.3 is 4.90 Å². The van der Waals surface area contributed by atoms with Crippen LogP contribution in [0.1, 0.15) is 64.0 Å². The van der Waals surface area contributed by atoms with E-state index in [1.54, 1.807) is 15.4 Å². The molecule has 8 heteroatoms. The van der Waals surface area contributed by atoms with Crippen molar-refractivity contribution in [2.24, 2.45) is 11.8 Å². The molecule has 0 aliphatic carbocycles. The van der Waals surface area contributed by atoms with Gasteiger partial charge in [0.25, 0.3) is 11.5 Å². The van der Waals surface area contributed by atoms with Gasteiger partial charge in [0, 0.05) is 25.8 Å². The molecular weight excluding hydrogens is 464 g/mol. The molecule has 0 bridgehead atoms. The number of pyridine rings is 1. The van der Waals surface area contributed by atoms with Crippen molar-refractivity contribution < 1.29 is 4.79 Å². The topological polar surface area (TPSA) is 57.9 Å². The zero-order chi connectivity index (χ0) is 24.4. The molecular formula is C26H34N4O2S2. The van der Waals surface area contributed by atoms with Gasteiger partial charge in [-0.15, -0.1) is 0 Å². The van der Waals surface area contributed by atoms with Gasteiger partial charge in [0.2, 0.25) is 0 Å². The maximum atomic E-state index is 13.7. The Balaban J connectivity index is 1.75. The average molecular weight is 499 g/mol. The Hall–Kier alpha value is -2.19. The first kappa shape index (κ1) is 24.9. The van der Waals surface area contributed by atoms with Crippen LogP contribution in [0, 0.1) is 18.8 Å². The highest BCUT2D eigenvalue weighted by Crippen LogP contribution is 2.34. The number of amides is 1. The molecule has 0 unspecified atom stereocenters. The molecule has 4 rings (SSSR count). The highest BCUT2D eigenvalue weighted by Gasteiger charge is 2.33. The summed E-state index contributed by atoms with van der Waals surface area (Å²) in [6, 6.07) is 3.85. The minimum atomic E-state index is -0.150. The number of fused-ring (bicyclic) bond motifs is 1. The predicted octanol–water partition coefficient (Wildman–Crippen LogP) is 5.27. The molecule has 34 heavy (non-hydrogen) atoms. The van der Waals surface area contributed by atoms with Crippen molar-refractivity contribution in [2.75, 3.05) is 24.5 Å². The molecule has 2 aliphatic rings. The number of carbonyl (C=O) groups is 1. The molecule has 2 aromatic heterocycles. The number of carbonyl (C=O) groups excluding carboxylic acids is 1. The lowest BCUT2D eigenvalue weighted by molar-refractivity contribution is -0.122. The number of aromatic nitrogens is 2. The summed E-state index contributed by atoms with van der Waals surface area (Å²) in [5.74, 6) is 1.58. The lowest BCUT2D eigenvalue weighted by atomic mass is 9.91. The van der Waals surface area contributed by atoms with E-state index in [0.717, 1.165) is 50.8 Å². The van der Waals surface area contributed by atoms with E-state index in [2.05, 4.69) is 25.7 Å². The molecule has 6 nitrogen and oxygen atoms in total. The molecule has 1 amide bonds. The van der Waals surface area contributed by atoms with E-state index >= 15 is 0 Å². The van der Waals surface area contributed by atoms with Gasteiger partial charge in [0.1, 0.15) is 15.8 Å². The van der Waals surface area contributed by atoms with Crippen LogP contribution in [0.3, 0.4) is 0 Å². The molecule has 0 radical (unpaired) electrons. The van der Waals surface area contributed by atoms with Crippen molar-refractivity contribution in [1.29, 1.82) is 0 Å². The van der Waals surface area contributed by atoms with Crippen LogP contribution in [0.25, 0.3) is 11.7 Å². The van der Waals surface area contributed by atoms with E-state index in [9.17, 15) is 9.59 Å². The summed E-state index contributed by atoms with van der Waals surface area (Å²) >= 11 is 6.81. The zero-order valence-electron chi connectivity index (χ0n) is 20.5. The minimum Gasteiger partial charge on any atom is -0.355 e. The largest absolute Gasteiger partial charge is 0.355 e. The summed E-state index contributed by atoms with van der Waals surface area (Å²) < 4.78 is 2.16. The molecule has 2 aromatic rings.